The van der Waals surface area contributed by atoms with Crippen LogP contribution in [0.15, 0.2) is 72.8 Å². The van der Waals surface area contributed by atoms with E-state index >= 15 is 0 Å². The minimum absolute atomic E-state index is 0.462. The maximum absolute atomic E-state index is 6.22. The van der Waals surface area contributed by atoms with E-state index in [1.165, 1.54) is 0 Å². The van der Waals surface area contributed by atoms with Gasteiger partial charge in [-0.1, -0.05) is 65.7 Å². The molecule has 134 valence electrons. The van der Waals surface area contributed by atoms with Crippen molar-refractivity contribution in [3.8, 4) is 11.5 Å². The van der Waals surface area contributed by atoms with Gasteiger partial charge in [0.1, 0.15) is 24.7 Å². The Morgan fingerprint density at radius 3 is 2.31 bits per heavy atom. The van der Waals surface area contributed by atoms with Crippen LogP contribution >= 0.6 is 23.2 Å². The van der Waals surface area contributed by atoms with Gasteiger partial charge in [-0.25, -0.2) is 0 Å². The van der Waals surface area contributed by atoms with Crippen molar-refractivity contribution in [3.05, 3.63) is 88.4 Å². The topological polar surface area (TPSA) is 30.5 Å². The van der Waals surface area contributed by atoms with Crippen molar-refractivity contribution in [2.24, 2.45) is 0 Å². The summed E-state index contributed by atoms with van der Waals surface area (Å²) in [6.07, 6.45) is 0. The lowest BCUT2D eigenvalue weighted by Gasteiger charge is -2.14. The van der Waals surface area contributed by atoms with Gasteiger partial charge in [-0.2, -0.15) is 0 Å². The van der Waals surface area contributed by atoms with Gasteiger partial charge in [0.15, 0.2) is 0 Å². The molecule has 0 aliphatic rings. The molecule has 0 fully saturated rings. The third kappa shape index (κ3) is 5.07. The number of ether oxygens (including phenoxy) is 2. The Morgan fingerprint density at radius 1 is 0.731 bits per heavy atom. The van der Waals surface area contributed by atoms with Crippen molar-refractivity contribution in [3.63, 3.8) is 0 Å². The Morgan fingerprint density at radius 2 is 1.46 bits per heavy atom. The average molecular weight is 388 g/mol. The van der Waals surface area contributed by atoms with Crippen LogP contribution in [0.4, 0.5) is 5.69 Å². The van der Waals surface area contributed by atoms with Gasteiger partial charge in [0.2, 0.25) is 0 Å². The standard InChI is InChI=1S/C21H19Cl2NO2/c22-18-10-6-11-19(21(18)23)24-15-16-7-4-5-12-20(16)26-14-13-25-17-8-2-1-3-9-17/h1-12,24H,13-15H2. The highest BCUT2D eigenvalue weighted by molar-refractivity contribution is 6.43. The first-order chi connectivity index (χ1) is 12.7. The minimum Gasteiger partial charge on any atom is -0.490 e. The van der Waals surface area contributed by atoms with E-state index in [0.29, 0.717) is 29.8 Å². The lowest BCUT2D eigenvalue weighted by Crippen LogP contribution is -2.11. The van der Waals surface area contributed by atoms with Crippen LogP contribution in [0, 0.1) is 0 Å². The summed E-state index contributed by atoms with van der Waals surface area (Å²) in [4.78, 5) is 0. The highest BCUT2D eigenvalue weighted by Crippen LogP contribution is 2.30. The molecule has 1 N–H and O–H groups in total. The van der Waals surface area contributed by atoms with E-state index in [1.54, 1.807) is 6.07 Å². The normalized spacial score (nSPS) is 10.4. The fraction of sp³-hybridized carbons (Fsp3) is 0.143. The molecular formula is C21H19Cl2NO2. The van der Waals surface area contributed by atoms with Crippen LogP contribution in [0.25, 0.3) is 0 Å². The first-order valence-corrected chi connectivity index (χ1v) is 9.06. The molecule has 0 atom stereocenters. The summed E-state index contributed by atoms with van der Waals surface area (Å²) in [6, 6.07) is 23.1. The Balaban J connectivity index is 1.55. The molecule has 0 radical (unpaired) electrons. The molecule has 0 saturated heterocycles. The lowest BCUT2D eigenvalue weighted by molar-refractivity contribution is 0.216. The number of halogens is 2. The Hall–Kier alpha value is -2.36. The molecule has 0 unspecified atom stereocenters. The first-order valence-electron chi connectivity index (χ1n) is 8.30. The van der Waals surface area contributed by atoms with Crippen molar-refractivity contribution >= 4 is 28.9 Å². The second-order valence-electron chi connectivity index (χ2n) is 5.57. The fourth-order valence-corrected chi connectivity index (χ4v) is 2.82. The molecule has 0 aliphatic heterocycles. The van der Waals surface area contributed by atoms with Crippen LogP contribution in [0.1, 0.15) is 5.56 Å². The van der Waals surface area contributed by atoms with E-state index < -0.39 is 0 Å². The van der Waals surface area contributed by atoms with Gasteiger partial charge in [-0.15, -0.1) is 0 Å². The number of benzene rings is 3. The van der Waals surface area contributed by atoms with Crippen LogP contribution < -0.4 is 14.8 Å². The molecule has 0 bridgehead atoms. The maximum atomic E-state index is 6.22. The molecule has 0 aromatic heterocycles. The number of hydrogen-bond donors (Lipinski definition) is 1. The zero-order valence-corrected chi connectivity index (χ0v) is 15.6. The number of nitrogens with one attached hydrogen (secondary N) is 1. The maximum Gasteiger partial charge on any atom is 0.124 e. The quantitative estimate of drug-likeness (QED) is 0.476. The summed E-state index contributed by atoms with van der Waals surface area (Å²) in [5, 5.41) is 4.34. The number of rotatable bonds is 8. The first kappa shape index (κ1) is 18.4. The number of anilines is 1. The zero-order chi connectivity index (χ0) is 18.2. The predicted octanol–water partition coefficient (Wildman–Crippen LogP) is 6.06. The molecule has 0 heterocycles. The minimum atomic E-state index is 0.462. The van der Waals surface area contributed by atoms with Crippen molar-refractivity contribution in [1.82, 2.24) is 0 Å². The van der Waals surface area contributed by atoms with E-state index in [-0.39, 0.29) is 0 Å². The van der Waals surface area contributed by atoms with Crippen LogP contribution in [-0.2, 0) is 6.54 Å². The van der Waals surface area contributed by atoms with E-state index in [2.05, 4.69) is 5.32 Å². The molecule has 0 aliphatic carbocycles. The van der Waals surface area contributed by atoms with Crippen molar-refractivity contribution in [2.75, 3.05) is 18.5 Å². The summed E-state index contributed by atoms with van der Waals surface area (Å²) < 4.78 is 11.5. The van der Waals surface area contributed by atoms with E-state index in [4.69, 9.17) is 32.7 Å². The van der Waals surface area contributed by atoms with E-state index in [9.17, 15) is 0 Å². The molecule has 3 rings (SSSR count). The summed E-state index contributed by atoms with van der Waals surface area (Å²) in [5.74, 6) is 1.65. The van der Waals surface area contributed by atoms with Gasteiger partial charge in [-0.05, 0) is 30.3 Å². The zero-order valence-electron chi connectivity index (χ0n) is 14.1. The molecule has 3 aromatic carbocycles. The van der Waals surface area contributed by atoms with Gasteiger partial charge in [-0.3, -0.25) is 0 Å². The third-order valence-corrected chi connectivity index (χ3v) is 4.57. The van der Waals surface area contributed by atoms with Crippen molar-refractivity contribution in [1.29, 1.82) is 0 Å². The Labute approximate surface area is 163 Å². The second kappa shape index (κ2) is 9.37. The largest absolute Gasteiger partial charge is 0.490 e. The second-order valence-corrected chi connectivity index (χ2v) is 6.36. The highest BCUT2D eigenvalue weighted by Gasteiger charge is 2.07. The monoisotopic (exact) mass is 387 g/mol. The Kier molecular flexibility index (Phi) is 6.64. The SMILES string of the molecule is Clc1cccc(NCc2ccccc2OCCOc2ccccc2)c1Cl. The van der Waals surface area contributed by atoms with Crippen LogP contribution in [0.5, 0.6) is 11.5 Å². The van der Waals surface area contributed by atoms with Gasteiger partial charge in [0.05, 0.1) is 15.7 Å². The van der Waals surface area contributed by atoms with Crippen molar-refractivity contribution in [2.45, 2.75) is 6.54 Å². The molecule has 0 saturated carbocycles. The van der Waals surface area contributed by atoms with E-state index in [1.807, 2.05) is 66.7 Å². The summed E-state index contributed by atoms with van der Waals surface area (Å²) in [6.45, 7) is 1.52. The van der Waals surface area contributed by atoms with E-state index in [0.717, 1.165) is 22.7 Å². The predicted molar refractivity (Wildman–Crippen MR) is 108 cm³/mol. The summed E-state index contributed by atoms with van der Waals surface area (Å²) >= 11 is 12.3. The number of hydrogen-bond acceptors (Lipinski definition) is 3. The molecule has 3 nitrogen and oxygen atoms in total. The third-order valence-electron chi connectivity index (χ3n) is 3.75. The van der Waals surface area contributed by atoms with Gasteiger partial charge >= 0.3 is 0 Å². The summed E-state index contributed by atoms with van der Waals surface area (Å²) in [7, 11) is 0. The molecule has 5 heteroatoms. The number of para-hydroxylation sites is 2. The lowest BCUT2D eigenvalue weighted by atomic mass is 10.2. The smallest absolute Gasteiger partial charge is 0.124 e. The summed E-state index contributed by atoms with van der Waals surface area (Å²) in [5.41, 5.74) is 1.82. The van der Waals surface area contributed by atoms with Crippen molar-refractivity contribution < 1.29 is 9.47 Å². The molecule has 3 aromatic rings. The average Bonchev–Trinajstić information content (AvgIpc) is 2.68. The molecule has 0 amide bonds. The van der Waals surface area contributed by atoms with Crippen LogP contribution in [0.2, 0.25) is 10.0 Å². The Bertz CT molecular complexity index is 840. The molecule has 0 spiro atoms. The highest BCUT2D eigenvalue weighted by atomic mass is 35.5. The van der Waals surface area contributed by atoms with Gasteiger partial charge in [0, 0.05) is 12.1 Å². The fourth-order valence-electron chi connectivity index (χ4n) is 2.45. The van der Waals surface area contributed by atoms with Crippen LogP contribution in [-0.4, -0.2) is 13.2 Å². The van der Waals surface area contributed by atoms with Gasteiger partial charge in [0.25, 0.3) is 0 Å². The molecular weight excluding hydrogens is 369 g/mol. The molecule has 26 heavy (non-hydrogen) atoms. The van der Waals surface area contributed by atoms with Gasteiger partial charge < -0.3 is 14.8 Å². The van der Waals surface area contributed by atoms with Crippen LogP contribution in [0.3, 0.4) is 0 Å².